The van der Waals surface area contributed by atoms with Crippen molar-refractivity contribution in [2.45, 2.75) is 40.3 Å². The van der Waals surface area contributed by atoms with Crippen LogP contribution in [0.2, 0.25) is 0 Å². The van der Waals surface area contributed by atoms with E-state index in [1.807, 2.05) is 58.0 Å². The van der Waals surface area contributed by atoms with E-state index in [0.29, 0.717) is 11.0 Å². The third-order valence-electron chi connectivity index (χ3n) is 5.38. The normalized spacial score (nSPS) is 12.6. The van der Waals surface area contributed by atoms with Crippen molar-refractivity contribution >= 4 is 16.6 Å². The molecular formula is C23H25N3O3. The summed E-state index contributed by atoms with van der Waals surface area (Å²) in [5, 5.41) is 15.8. The molecule has 1 N–H and O–H groups in total. The van der Waals surface area contributed by atoms with Crippen molar-refractivity contribution in [3.8, 4) is 5.75 Å². The maximum absolute atomic E-state index is 13.1. The molecule has 0 spiro atoms. The minimum Gasteiger partial charge on any atom is -0.490 e. The van der Waals surface area contributed by atoms with Gasteiger partial charge in [0.2, 0.25) is 0 Å². The predicted molar refractivity (Wildman–Crippen MR) is 114 cm³/mol. The molecule has 6 heteroatoms. The van der Waals surface area contributed by atoms with E-state index in [1.54, 1.807) is 15.1 Å². The number of aliphatic hydroxyl groups excluding tert-OH is 1. The molecule has 0 saturated carbocycles. The van der Waals surface area contributed by atoms with Crippen molar-refractivity contribution in [2.75, 3.05) is 6.61 Å². The number of hydrogen-bond donors (Lipinski definition) is 1. The Morgan fingerprint density at radius 3 is 2.59 bits per heavy atom. The second kappa shape index (κ2) is 7.37. The first-order valence-corrected chi connectivity index (χ1v) is 9.72. The number of aryl methyl sites for hydroxylation is 3. The van der Waals surface area contributed by atoms with Gasteiger partial charge in [0.1, 0.15) is 24.1 Å². The molecule has 0 fully saturated rings. The molecule has 0 radical (unpaired) electrons. The second-order valence-electron chi connectivity index (χ2n) is 7.61. The van der Waals surface area contributed by atoms with Crippen molar-refractivity contribution in [1.82, 2.24) is 14.2 Å². The first-order valence-electron chi connectivity index (χ1n) is 9.72. The van der Waals surface area contributed by atoms with Gasteiger partial charge in [0.05, 0.1) is 23.1 Å². The molecule has 4 rings (SSSR count). The van der Waals surface area contributed by atoms with Crippen molar-refractivity contribution in [3.05, 3.63) is 75.2 Å². The summed E-state index contributed by atoms with van der Waals surface area (Å²) >= 11 is 0. The highest BCUT2D eigenvalue weighted by molar-refractivity contribution is 5.80. The summed E-state index contributed by atoms with van der Waals surface area (Å²) < 4.78 is 9.27. The summed E-state index contributed by atoms with van der Waals surface area (Å²) in [5.41, 5.74) is 5.32. The fourth-order valence-electron chi connectivity index (χ4n) is 3.71. The predicted octanol–water partition coefficient (Wildman–Crippen LogP) is 3.32. The molecule has 0 saturated heterocycles. The van der Waals surface area contributed by atoms with Crippen LogP contribution in [0.25, 0.3) is 16.6 Å². The maximum atomic E-state index is 13.1. The average molecular weight is 391 g/mol. The Labute approximate surface area is 169 Å². The lowest BCUT2D eigenvalue weighted by molar-refractivity contribution is 0.0919. The first-order chi connectivity index (χ1) is 13.9. The van der Waals surface area contributed by atoms with Crippen LogP contribution in [0.4, 0.5) is 0 Å². The van der Waals surface area contributed by atoms with E-state index in [4.69, 9.17) is 4.74 Å². The number of ether oxygens (including phenoxy) is 1. The van der Waals surface area contributed by atoms with Gasteiger partial charge < -0.3 is 9.84 Å². The number of aliphatic hydroxyl groups is 1. The SMILES string of the molecule is Cc1cc2n(C[C@H](O)COc3c(C)ccc(C)c3C)c(=O)c3ccccc3n2n1. The van der Waals surface area contributed by atoms with Gasteiger partial charge in [-0.2, -0.15) is 5.10 Å². The van der Waals surface area contributed by atoms with E-state index in [0.717, 1.165) is 33.7 Å². The highest BCUT2D eigenvalue weighted by Crippen LogP contribution is 2.26. The van der Waals surface area contributed by atoms with E-state index >= 15 is 0 Å². The standard InChI is InChI=1S/C23H25N3O3/c1-14-9-10-15(2)22(17(14)4)29-13-18(27)12-25-21-11-16(3)24-26(21)20-8-6-5-7-19(20)23(25)28/h5-11,18,27H,12-13H2,1-4H3/t18-/m0/s1. The lowest BCUT2D eigenvalue weighted by Crippen LogP contribution is -2.31. The average Bonchev–Trinajstić information content (AvgIpc) is 3.10. The third-order valence-corrected chi connectivity index (χ3v) is 5.38. The first kappa shape index (κ1) is 19.2. The zero-order chi connectivity index (χ0) is 20.7. The maximum Gasteiger partial charge on any atom is 0.261 e. The molecule has 0 unspecified atom stereocenters. The molecule has 2 aromatic heterocycles. The van der Waals surface area contributed by atoms with Crippen LogP contribution in [-0.4, -0.2) is 32.0 Å². The highest BCUT2D eigenvalue weighted by Gasteiger charge is 2.16. The van der Waals surface area contributed by atoms with Gasteiger partial charge in [-0.1, -0.05) is 24.3 Å². The Morgan fingerprint density at radius 1 is 1.07 bits per heavy atom. The fourth-order valence-corrected chi connectivity index (χ4v) is 3.71. The molecule has 0 bridgehead atoms. The molecule has 0 aliphatic heterocycles. The van der Waals surface area contributed by atoms with Gasteiger partial charge in [0.15, 0.2) is 0 Å². The minimum absolute atomic E-state index is 0.101. The lowest BCUT2D eigenvalue weighted by Gasteiger charge is -2.18. The van der Waals surface area contributed by atoms with Crippen molar-refractivity contribution < 1.29 is 9.84 Å². The molecule has 6 nitrogen and oxygen atoms in total. The molecule has 1 atom stereocenters. The van der Waals surface area contributed by atoms with E-state index in [-0.39, 0.29) is 18.7 Å². The zero-order valence-corrected chi connectivity index (χ0v) is 17.1. The van der Waals surface area contributed by atoms with Crippen LogP contribution < -0.4 is 10.3 Å². The van der Waals surface area contributed by atoms with Crippen LogP contribution in [0.15, 0.2) is 47.3 Å². The Hall–Kier alpha value is -3.12. The lowest BCUT2D eigenvalue weighted by atomic mass is 10.1. The fraction of sp³-hybridized carbons (Fsp3) is 0.304. The number of nitrogens with zero attached hydrogens (tertiary/aromatic N) is 3. The molecular weight excluding hydrogens is 366 g/mol. The molecule has 0 aliphatic rings. The summed E-state index contributed by atoms with van der Waals surface area (Å²) in [7, 11) is 0. The van der Waals surface area contributed by atoms with Crippen LogP contribution in [0.5, 0.6) is 5.75 Å². The van der Waals surface area contributed by atoms with Crippen molar-refractivity contribution in [1.29, 1.82) is 0 Å². The van der Waals surface area contributed by atoms with Crippen LogP contribution >= 0.6 is 0 Å². The Kier molecular flexibility index (Phi) is 4.88. The van der Waals surface area contributed by atoms with Crippen LogP contribution in [0.3, 0.4) is 0 Å². The molecule has 0 aliphatic carbocycles. The number of aromatic nitrogens is 3. The summed E-state index contributed by atoms with van der Waals surface area (Å²) in [4.78, 5) is 13.1. The largest absolute Gasteiger partial charge is 0.490 e. The summed E-state index contributed by atoms with van der Waals surface area (Å²) in [6.07, 6.45) is -0.841. The summed E-state index contributed by atoms with van der Waals surface area (Å²) in [6.45, 7) is 8.15. The Bertz CT molecular complexity index is 1270. The molecule has 0 amide bonds. The van der Waals surface area contributed by atoms with Gasteiger partial charge in [-0.25, -0.2) is 4.52 Å². The number of para-hydroxylation sites is 1. The minimum atomic E-state index is -0.841. The molecule has 4 aromatic rings. The summed E-state index contributed by atoms with van der Waals surface area (Å²) in [6, 6.07) is 13.3. The van der Waals surface area contributed by atoms with Gasteiger partial charge in [0, 0.05) is 6.07 Å². The molecule has 2 aromatic carbocycles. The van der Waals surface area contributed by atoms with Crippen LogP contribution in [0.1, 0.15) is 22.4 Å². The van der Waals surface area contributed by atoms with Crippen LogP contribution in [0, 0.1) is 27.7 Å². The monoisotopic (exact) mass is 391 g/mol. The number of benzene rings is 2. The van der Waals surface area contributed by atoms with E-state index in [9.17, 15) is 9.90 Å². The Balaban J connectivity index is 1.66. The number of fused-ring (bicyclic) bond motifs is 3. The summed E-state index contributed by atoms with van der Waals surface area (Å²) in [5.74, 6) is 0.792. The van der Waals surface area contributed by atoms with Gasteiger partial charge in [-0.15, -0.1) is 0 Å². The van der Waals surface area contributed by atoms with Crippen LogP contribution in [-0.2, 0) is 6.54 Å². The van der Waals surface area contributed by atoms with Gasteiger partial charge in [0.25, 0.3) is 5.56 Å². The number of rotatable bonds is 5. The van der Waals surface area contributed by atoms with E-state index in [2.05, 4.69) is 11.2 Å². The quantitative estimate of drug-likeness (QED) is 0.567. The number of hydrogen-bond acceptors (Lipinski definition) is 4. The Morgan fingerprint density at radius 2 is 1.79 bits per heavy atom. The van der Waals surface area contributed by atoms with E-state index in [1.165, 1.54) is 0 Å². The molecule has 2 heterocycles. The molecule has 29 heavy (non-hydrogen) atoms. The highest BCUT2D eigenvalue weighted by atomic mass is 16.5. The topological polar surface area (TPSA) is 68.8 Å². The zero-order valence-electron chi connectivity index (χ0n) is 17.1. The third kappa shape index (κ3) is 3.40. The second-order valence-corrected chi connectivity index (χ2v) is 7.61. The van der Waals surface area contributed by atoms with Crippen molar-refractivity contribution in [2.24, 2.45) is 0 Å². The van der Waals surface area contributed by atoms with E-state index < -0.39 is 6.10 Å². The van der Waals surface area contributed by atoms with Gasteiger partial charge in [-0.05, 0) is 56.5 Å². The van der Waals surface area contributed by atoms with Crippen molar-refractivity contribution in [3.63, 3.8) is 0 Å². The van der Waals surface area contributed by atoms with Gasteiger partial charge in [-0.3, -0.25) is 9.36 Å². The molecule has 150 valence electrons. The van der Waals surface area contributed by atoms with Gasteiger partial charge >= 0.3 is 0 Å². The smallest absolute Gasteiger partial charge is 0.261 e.